The van der Waals surface area contributed by atoms with E-state index in [1.165, 1.54) is 30.3 Å². The molecule has 1 saturated heterocycles. The zero-order valence-electron chi connectivity index (χ0n) is 11.4. The maximum Gasteiger partial charge on any atom is 0.0936 e. The predicted octanol–water partition coefficient (Wildman–Crippen LogP) is 3.10. The van der Waals surface area contributed by atoms with Gasteiger partial charge in [0.15, 0.2) is 0 Å². The van der Waals surface area contributed by atoms with Crippen molar-refractivity contribution < 1.29 is 0 Å². The summed E-state index contributed by atoms with van der Waals surface area (Å²) in [6, 6.07) is 11.2. The van der Waals surface area contributed by atoms with Crippen molar-refractivity contribution in [3.63, 3.8) is 0 Å². The Labute approximate surface area is 114 Å². The van der Waals surface area contributed by atoms with Gasteiger partial charge in [-0.2, -0.15) is 0 Å². The topological polar surface area (TPSA) is 37.0 Å². The van der Waals surface area contributed by atoms with Crippen molar-refractivity contribution in [2.75, 3.05) is 18.4 Å². The normalized spacial score (nSPS) is 20.2. The third-order valence-electron chi connectivity index (χ3n) is 3.79. The van der Waals surface area contributed by atoms with Crippen LogP contribution >= 0.6 is 0 Å². The largest absolute Gasteiger partial charge is 0.381 e. The molecule has 1 atom stereocenters. The standard InChI is InChI=1S/C16H21N3/c1-12-7-8-13-4-2-6-15(16(13)18-12)19-14-5-3-10-17-11-9-14/h2,4,6-8,14,17,19H,3,5,9-11H2,1H3. The Morgan fingerprint density at radius 1 is 1.16 bits per heavy atom. The van der Waals surface area contributed by atoms with Crippen molar-refractivity contribution in [3.8, 4) is 0 Å². The second kappa shape index (κ2) is 5.57. The molecule has 2 aromatic rings. The molecule has 3 heteroatoms. The summed E-state index contributed by atoms with van der Waals surface area (Å²) < 4.78 is 0. The number of pyridine rings is 1. The first-order valence-corrected chi connectivity index (χ1v) is 7.16. The van der Waals surface area contributed by atoms with E-state index in [4.69, 9.17) is 0 Å². The minimum Gasteiger partial charge on any atom is -0.381 e. The summed E-state index contributed by atoms with van der Waals surface area (Å²) in [5.41, 5.74) is 3.34. The van der Waals surface area contributed by atoms with Crippen molar-refractivity contribution in [2.45, 2.75) is 32.2 Å². The van der Waals surface area contributed by atoms with Crippen LogP contribution in [0.25, 0.3) is 10.9 Å². The molecule has 2 N–H and O–H groups in total. The number of aryl methyl sites for hydroxylation is 1. The van der Waals surface area contributed by atoms with Gasteiger partial charge in [-0.1, -0.05) is 18.2 Å². The van der Waals surface area contributed by atoms with Crippen LogP contribution in [0.2, 0.25) is 0 Å². The Hall–Kier alpha value is -1.61. The molecule has 1 aliphatic rings. The number of fused-ring (bicyclic) bond motifs is 1. The lowest BCUT2D eigenvalue weighted by molar-refractivity contribution is 0.638. The van der Waals surface area contributed by atoms with E-state index in [0.717, 1.165) is 24.3 Å². The highest BCUT2D eigenvalue weighted by molar-refractivity contribution is 5.90. The molecule has 1 aromatic carbocycles. The first-order valence-electron chi connectivity index (χ1n) is 7.16. The number of hydrogen-bond donors (Lipinski definition) is 2. The van der Waals surface area contributed by atoms with Gasteiger partial charge in [0.2, 0.25) is 0 Å². The predicted molar refractivity (Wildman–Crippen MR) is 80.6 cm³/mol. The van der Waals surface area contributed by atoms with Gasteiger partial charge in [0.1, 0.15) is 0 Å². The summed E-state index contributed by atoms with van der Waals surface area (Å²) in [5.74, 6) is 0. The summed E-state index contributed by atoms with van der Waals surface area (Å²) in [4.78, 5) is 4.69. The minimum atomic E-state index is 0.558. The Balaban J connectivity index is 1.89. The van der Waals surface area contributed by atoms with Gasteiger partial charge < -0.3 is 10.6 Å². The minimum absolute atomic E-state index is 0.558. The molecule has 0 bridgehead atoms. The maximum atomic E-state index is 4.69. The number of para-hydroxylation sites is 1. The Bertz CT molecular complexity index is 557. The molecule has 1 aliphatic heterocycles. The second-order valence-electron chi connectivity index (χ2n) is 5.35. The maximum absolute atomic E-state index is 4.69. The third kappa shape index (κ3) is 2.87. The molecule has 19 heavy (non-hydrogen) atoms. The molecule has 1 fully saturated rings. The van der Waals surface area contributed by atoms with E-state index in [9.17, 15) is 0 Å². The van der Waals surface area contributed by atoms with Crippen molar-refractivity contribution >= 4 is 16.6 Å². The van der Waals surface area contributed by atoms with E-state index in [-0.39, 0.29) is 0 Å². The van der Waals surface area contributed by atoms with E-state index in [2.05, 4.69) is 45.9 Å². The first-order chi connectivity index (χ1) is 9.33. The van der Waals surface area contributed by atoms with Crippen molar-refractivity contribution in [2.24, 2.45) is 0 Å². The van der Waals surface area contributed by atoms with E-state index >= 15 is 0 Å². The van der Waals surface area contributed by atoms with Crippen LogP contribution in [-0.2, 0) is 0 Å². The fourth-order valence-electron chi connectivity index (χ4n) is 2.74. The van der Waals surface area contributed by atoms with Crippen LogP contribution < -0.4 is 10.6 Å². The lowest BCUT2D eigenvalue weighted by Crippen LogP contribution is -2.21. The second-order valence-corrected chi connectivity index (χ2v) is 5.35. The van der Waals surface area contributed by atoms with Gasteiger partial charge in [0.05, 0.1) is 11.2 Å². The van der Waals surface area contributed by atoms with E-state index in [1.807, 2.05) is 6.92 Å². The highest BCUT2D eigenvalue weighted by atomic mass is 15.0. The average Bonchev–Trinajstić information content (AvgIpc) is 2.68. The SMILES string of the molecule is Cc1ccc2cccc(NC3CCCNCC3)c2n1. The van der Waals surface area contributed by atoms with Crippen LogP contribution in [0.4, 0.5) is 5.69 Å². The van der Waals surface area contributed by atoms with Crippen molar-refractivity contribution in [3.05, 3.63) is 36.0 Å². The number of anilines is 1. The zero-order chi connectivity index (χ0) is 13.1. The highest BCUT2D eigenvalue weighted by Gasteiger charge is 2.13. The zero-order valence-corrected chi connectivity index (χ0v) is 11.4. The molecule has 0 amide bonds. The Morgan fingerprint density at radius 2 is 2.11 bits per heavy atom. The summed E-state index contributed by atoms with van der Waals surface area (Å²) in [7, 11) is 0. The molecule has 2 heterocycles. The quantitative estimate of drug-likeness (QED) is 0.866. The van der Waals surface area contributed by atoms with E-state index < -0.39 is 0 Å². The van der Waals surface area contributed by atoms with Crippen LogP contribution in [-0.4, -0.2) is 24.1 Å². The first kappa shape index (κ1) is 12.4. The number of aromatic nitrogens is 1. The third-order valence-corrected chi connectivity index (χ3v) is 3.79. The van der Waals surface area contributed by atoms with Crippen LogP contribution in [0.5, 0.6) is 0 Å². The van der Waals surface area contributed by atoms with Gasteiger partial charge in [-0.05, 0) is 51.4 Å². The van der Waals surface area contributed by atoms with Gasteiger partial charge >= 0.3 is 0 Å². The summed E-state index contributed by atoms with van der Waals surface area (Å²) in [6.07, 6.45) is 3.66. The molecule has 0 radical (unpaired) electrons. The van der Waals surface area contributed by atoms with Gasteiger partial charge in [-0.3, -0.25) is 4.98 Å². The van der Waals surface area contributed by atoms with Gasteiger partial charge in [0.25, 0.3) is 0 Å². The smallest absolute Gasteiger partial charge is 0.0936 e. The monoisotopic (exact) mass is 255 g/mol. The number of benzene rings is 1. The average molecular weight is 255 g/mol. The molecule has 0 aliphatic carbocycles. The number of hydrogen-bond acceptors (Lipinski definition) is 3. The molecule has 3 rings (SSSR count). The molecule has 1 unspecified atom stereocenters. The molecule has 0 saturated carbocycles. The van der Waals surface area contributed by atoms with Crippen LogP contribution in [0, 0.1) is 6.92 Å². The fraction of sp³-hybridized carbons (Fsp3) is 0.438. The number of nitrogens with one attached hydrogen (secondary N) is 2. The van der Waals surface area contributed by atoms with Crippen molar-refractivity contribution in [1.29, 1.82) is 0 Å². The lowest BCUT2D eigenvalue weighted by atomic mass is 10.1. The Morgan fingerprint density at radius 3 is 3.05 bits per heavy atom. The molecular formula is C16H21N3. The van der Waals surface area contributed by atoms with E-state index in [0.29, 0.717) is 6.04 Å². The molecule has 1 aromatic heterocycles. The summed E-state index contributed by atoms with van der Waals surface area (Å²) in [5, 5.41) is 8.35. The van der Waals surface area contributed by atoms with Gasteiger partial charge in [0, 0.05) is 17.1 Å². The molecular weight excluding hydrogens is 234 g/mol. The summed E-state index contributed by atoms with van der Waals surface area (Å²) in [6.45, 7) is 4.30. The van der Waals surface area contributed by atoms with Crippen LogP contribution in [0.1, 0.15) is 25.0 Å². The molecule has 0 spiro atoms. The number of rotatable bonds is 2. The van der Waals surface area contributed by atoms with Gasteiger partial charge in [-0.25, -0.2) is 0 Å². The van der Waals surface area contributed by atoms with Crippen LogP contribution in [0.3, 0.4) is 0 Å². The summed E-state index contributed by atoms with van der Waals surface area (Å²) >= 11 is 0. The van der Waals surface area contributed by atoms with E-state index in [1.54, 1.807) is 0 Å². The van der Waals surface area contributed by atoms with Crippen LogP contribution in [0.15, 0.2) is 30.3 Å². The number of nitrogens with zero attached hydrogens (tertiary/aromatic N) is 1. The lowest BCUT2D eigenvalue weighted by Gasteiger charge is -2.18. The fourth-order valence-corrected chi connectivity index (χ4v) is 2.74. The van der Waals surface area contributed by atoms with Crippen molar-refractivity contribution in [1.82, 2.24) is 10.3 Å². The highest BCUT2D eigenvalue weighted by Crippen LogP contribution is 2.24. The van der Waals surface area contributed by atoms with Gasteiger partial charge in [-0.15, -0.1) is 0 Å². The molecule has 100 valence electrons. The molecule has 3 nitrogen and oxygen atoms in total. The Kier molecular flexibility index (Phi) is 3.65.